The van der Waals surface area contributed by atoms with Crippen LogP contribution in [0.1, 0.15) is 43.2 Å². The number of fused-ring (bicyclic) bond motifs is 2. The smallest absolute Gasteiger partial charge is 0.410 e. The van der Waals surface area contributed by atoms with Crippen molar-refractivity contribution in [3.8, 4) is 0 Å². The van der Waals surface area contributed by atoms with Gasteiger partial charge in [-0.25, -0.2) is 9.59 Å². The monoisotopic (exact) mass is 676 g/mol. The van der Waals surface area contributed by atoms with Gasteiger partial charge in [0.1, 0.15) is 0 Å². The van der Waals surface area contributed by atoms with Crippen LogP contribution in [0.4, 0.5) is 15.3 Å². The molecule has 2 aromatic carbocycles. The Hall–Kier alpha value is -3.87. The second kappa shape index (κ2) is 14.7. The summed E-state index contributed by atoms with van der Waals surface area (Å²) in [5.74, 6) is -0.172. The van der Waals surface area contributed by atoms with Gasteiger partial charge < -0.3 is 30.1 Å². The van der Waals surface area contributed by atoms with Gasteiger partial charge in [-0.15, -0.1) is 0 Å². The molecule has 7 rings (SSSR count). The Morgan fingerprint density at radius 3 is 2.58 bits per heavy atom. The molecule has 0 saturated carbocycles. The highest BCUT2D eigenvalue weighted by molar-refractivity contribution is 6.35. The van der Waals surface area contributed by atoms with E-state index in [-0.39, 0.29) is 24.4 Å². The molecule has 3 saturated heterocycles. The molecule has 4 aliphatic rings. The molecule has 5 heterocycles. The first-order chi connectivity index (χ1) is 23.4. The van der Waals surface area contributed by atoms with Gasteiger partial charge in [0.15, 0.2) is 6.10 Å². The number of anilines is 1. The predicted octanol–water partition coefficient (Wildman–Crippen LogP) is 4.10. The number of halogens is 1. The van der Waals surface area contributed by atoms with E-state index in [9.17, 15) is 14.4 Å². The number of nitrogens with zero attached hydrogens (tertiary/aromatic N) is 5. The highest BCUT2D eigenvalue weighted by atomic mass is 35.5. The third-order valence-electron chi connectivity index (χ3n) is 10.5. The molecule has 0 unspecified atom stereocenters. The number of ether oxygens (including phenoxy) is 1. The summed E-state index contributed by atoms with van der Waals surface area (Å²) in [7, 11) is 0. The lowest BCUT2D eigenvalue weighted by Gasteiger charge is -2.38. The molecule has 1 atom stereocenters. The molecule has 3 N–H and O–H groups in total. The fraction of sp³-hybridized carbons (Fsp3) is 0.543. The number of H-pyrrole nitrogens is 1. The van der Waals surface area contributed by atoms with E-state index in [4.69, 9.17) is 16.3 Å². The maximum atomic E-state index is 14.2. The largest absolute Gasteiger partial charge is 0.436 e. The molecular weight excluding hydrogens is 632 g/mol. The molecule has 0 spiro atoms. The van der Waals surface area contributed by atoms with Gasteiger partial charge in [0.2, 0.25) is 0 Å². The van der Waals surface area contributed by atoms with Crippen molar-refractivity contribution in [2.24, 2.45) is 0 Å². The van der Waals surface area contributed by atoms with Gasteiger partial charge in [0.05, 0.1) is 16.7 Å². The van der Waals surface area contributed by atoms with E-state index in [1.807, 2.05) is 46.2 Å². The van der Waals surface area contributed by atoms with Gasteiger partial charge in [-0.1, -0.05) is 29.8 Å². The van der Waals surface area contributed by atoms with Gasteiger partial charge in [0.25, 0.3) is 5.91 Å². The van der Waals surface area contributed by atoms with E-state index in [1.165, 1.54) is 0 Å². The highest BCUT2D eigenvalue weighted by Crippen LogP contribution is 2.27. The molecule has 4 amide bonds. The van der Waals surface area contributed by atoms with Crippen molar-refractivity contribution in [3.63, 3.8) is 0 Å². The van der Waals surface area contributed by atoms with Crippen LogP contribution in [-0.2, 0) is 22.4 Å². The molecule has 3 aromatic rings. The number of rotatable bonds is 6. The lowest BCUT2D eigenvalue weighted by Crippen LogP contribution is -2.51. The van der Waals surface area contributed by atoms with Crippen LogP contribution in [-0.4, -0.2) is 125 Å². The van der Waals surface area contributed by atoms with E-state index >= 15 is 0 Å². The van der Waals surface area contributed by atoms with Crippen molar-refractivity contribution in [2.45, 2.75) is 63.1 Å². The van der Waals surface area contributed by atoms with Crippen molar-refractivity contribution >= 4 is 46.2 Å². The fourth-order valence-electron chi connectivity index (χ4n) is 7.78. The Morgan fingerprint density at radius 1 is 0.938 bits per heavy atom. The lowest BCUT2D eigenvalue weighted by atomic mass is 10.0. The summed E-state index contributed by atoms with van der Waals surface area (Å²) < 4.78 is 6.10. The van der Waals surface area contributed by atoms with Crippen LogP contribution < -0.4 is 10.6 Å². The highest BCUT2D eigenvalue weighted by Gasteiger charge is 2.35. The third kappa shape index (κ3) is 7.25. The fourth-order valence-corrected chi connectivity index (χ4v) is 8.07. The maximum absolute atomic E-state index is 14.2. The van der Waals surface area contributed by atoms with Crippen LogP contribution in [0.25, 0.3) is 10.9 Å². The number of benzene rings is 2. The molecule has 13 heteroatoms. The van der Waals surface area contributed by atoms with Gasteiger partial charge >= 0.3 is 12.1 Å². The Labute approximate surface area is 286 Å². The van der Waals surface area contributed by atoms with Gasteiger partial charge in [-0.3, -0.25) is 14.8 Å². The summed E-state index contributed by atoms with van der Waals surface area (Å²) in [5, 5.41) is 14.9. The molecule has 3 fully saturated rings. The van der Waals surface area contributed by atoms with Gasteiger partial charge in [0, 0.05) is 75.4 Å². The number of hydrogen-bond acceptors (Lipinski definition) is 7. The van der Waals surface area contributed by atoms with Crippen LogP contribution >= 0.6 is 11.6 Å². The zero-order valence-electron chi connectivity index (χ0n) is 27.3. The molecule has 12 nitrogen and oxygen atoms in total. The third-order valence-corrected chi connectivity index (χ3v) is 10.8. The maximum Gasteiger partial charge on any atom is 0.410 e. The average Bonchev–Trinajstić information content (AvgIpc) is 3.35. The summed E-state index contributed by atoms with van der Waals surface area (Å²) in [4.78, 5) is 48.9. The minimum absolute atomic E-state index is 0.0182. The Morgan fingerprint density at radius 2 is 1.75 bits per heavy atom. The second-order valence-electron chi connectivity index (χ2n) is 13.4. The van der Waals surface area contributed by atoms with Gasteiger partial charge in [-0.2, -0.15) is 5.10 Å². The molecule has 256 valence electrons. The lowest BCUT2D eigenvalue weighted by molar-refractivity contribution is -0.140. The summed E-state index contributed by atoms with van der Waals surface area (Å²) >= 11 is 6.55. The zero-order valence-corrected chi connectivity index (χ0v) is 28.1. The first-order valence-corrected chi connectivity index (χ1v) is 17.8. The number of likely N-dealkylation sites (tertiary alicyclic amines) is 1. The minimum Gasteiger partial charge on any atom is -0.436 e. The Balaban J connectivity index is 1.01. The van der Waals surface area contributed by atoms with E-state index in [0.29, 0.717) is 56.6 Å². The molecule has 0 bridgehead atoms. The average molecular weight is 677 g/mol. The number of aromatic nitrogens is 2. The van der Waals surface area contributed by atoms with Crippen molar-refractivity contribution in [3.05, 3.63) is 58.7 Å². The molecule has 0 aliphatic carbocycles. The number of amides is 4. The molecule has 1 aromatic heterocycles. The summed E-state index contributed by atoms with van der Waals surface area (Å²) in [6.45, 7) is 6.59. The SMILES string of the molecule is O=C(O[C@H](Cc1cc(Cl)c2[nH]ncc2c1)C(=O)N1CCCN(C2CCNCC2)CC1)N1CCC(N2CCc3ccccc3NC2=O)CC1. The number of para-hydroxylation sites is 1. The number of carbonyl (C=O) groups is 3. The quantitative estimate of drug-likeness (QED) is 0.359. The van der Waals surface area contributed by atoms with Crippen molar-refractivity contribution in [2.75, 3.05) is 64.2 Å². The molecular formula is C35H45ClN8O4. The van der Waals surface area contributed by atoms with Crippen LogP contribution in [0.15, 0.2) is 42.6 Å². The van der Waals surface area contributed by atoms with E-state index in [0.717, 1.165) is 79.6 Å². The molecule has 4 aliphatic heterocycles. The van der Waals surface area contributed by atoms with Crippen LogP contribution in [0.5, 0.6) is 0 Å². The Bertz CT molecular complexity index is 1620. The van der Waals surface area contributed by atoms with Crippen molar-refractivity contribution in [1.82, 2.24) is 35.1 Å². The first-order valence-electron chi connectivity index (χ1n) is 17.4. The van der Waals surface area contributed by atoms with E-state index in [2.05, 4.69) is 25.7 Å². The number of nitrogens with one attached hydrogen (secondary N) is 3. The van der Waals surface area contributed by atoms with Crippen molar-refractivity contribution < 1.29 is 19.1 Å². The Kier molecular flexibility index (Phi) is 10.0. The van der Waals surface area contributed by atoms with Crippen LogP contribution in [0.2, 0.25) is 5.02 Å². The standard InChI is InChI=1S/C35H45ClN8O4/c36-29-21-24(20-26-23-38-40-32(26)29)22-31(33(45)42-14-3-13-41(18-19-42)27-6-11-37-12-7-27)48-35(47)43-15-9-28(10-16-43)44-17-8-25-4-1-2-5-30(25)39-34(44)46/h1-2,4-5,20-21,23,27-28,31,37H,3,6-19,22H2,(H,38,40)(H,39,46)/t31-/m1/s1. The van der Waals surface area contributed by atoms with E-state index < -0.39 is 12.2 Å². The van der Waals surface area contributed by atoms with Crippen LogP contribution in [0, 0.1) is 0 Å². The predicted molar refractivity (Wildman–Crippen MR) is 184 cm³/mol. The number of piperidine rings is 2. The molecule has 0 radical (unpaired) electrons. The van der Waals surface area contributed by atoms with Crippen molar-refractivity contribution in [1.29, 1.82) is 0 Å². The minimum atomic E-state index is -0.990. The second-order valence-corrected chi connectivity index (χ2v) is 13.8. The number of carbonyl (C=O) groups excluding carboxylic acids is 3. The molecule has 48 heavy (non-hydrogen) atoms. The topological polar surface area (TPSA) is 126 Å². The number of urea groups is 1. The summed E-state index contributed by atoms with van der Waals surface area (Å²) in [5.41, 5.74) is 3.52. The van der Waals surface area contributed by atoms with E-state index in [1.54, 1.807) is 11.1 Å². The summed E-state index contributed by atoms with van der Waals surface area (Å²) in [6, 6.07) is 12.1. The summed E-state index contributed by atoms with van der Waals surface area (Å²) in [6.07, 6.45) is 5.61. The number of aromatic amines is 1. The normalized spacial score (nSPS) is 20.9. The number of hydrogen-bond donors (Lipinski definition) is 3. The first kappa shape index (κ1) is 32.7. The van der Waals surface area contributed by atoms with Crippen LogP contribution in [0.3, 0.4) is 0 Å². The van der Waals surface area contributed by atoms with Gasteiger partial charge in [-0.05, 0) is 80.9 Å². The zero-order chi connectivity index (χ0) is 33.0.